The van der Waals surface area contributed by atoms with Crippen molar-refractivity contribution in [1.29, 1.82) is 0 Å². The van der Waals surface area contributed by atoms with Crippen molar-refractivity contribution in [3.8, 4) is 11.5 Å². The third kappa shape index (κ3) is 3.25. The summed E-state index contributed by atoms with van der Waals surface area (Å²) in [4.78, 5) is 25.7. The van der Waals surface area contributed by atoms with Gasteiger partial charge in [-0.15, -0.1) is 0 Å². The molecule has 0 saturated carbocycles. The van der Waals surface area contributed by atoms with Crippen molar-refractivity contribution in [2.75, 3.05) is 19.8 Å². The van der Waals surface area contributed by atoms with Crippen molar-refractivity contribution in [1.82, 2.24) is 4.90 Å². The van der Waals surface area contributed by atoms with Crippen molar-refractivity contribution in [2.45, 2.75) is 13.3 Å². The molecule has 0 saturated heterocycles. The Morgan fingerprint density at radius 3 is 1.79 bits per heavy atom. The van der Waals surface area contributed by atoms with Gasteiger partial charge in [0.2, 0.25) is 0 Å². The summed E-state index contributed by atoms with van der Waals surface area (Å²) in [5.41, 5.74) is 0.917. The third-order valence-electron chi connectivity index (χ3n) is 3.76. The molecular formula is C19H19NO4. The topological polar surface area (TPSA) is 55.8 Å². The lowest BCUT2D eigenvalue weighted by molar-refractivity contribution is 0.0631. The van der Waals surface area contributed by atoms with Crippen molar-refractivity contribution >= 4 is 11.8 Å². The lowest BCUT2D eigenvalue weighted by atomic mass is 10.1. The van der Waals surface area contributed by atoms with E-state index in [9.17, 15) is 9.59 Å². The van der Waals surface area contributed by atoms with Crippen LogP contribution < -0.4 is 9.47 Å². The third-order valence-corrected chi connectivity index (χ3v) is 3.76. The van der Waals surface area contributed by atoms with E-state index in [2.05, 4.69) is 6.92 Å². The molecule has 2 aromatic rings. The van der Waals surface area contributed by atoms with Crippen LogP contribution in [-0.4, -0.2) is 36.5 Å². The summed E-state index contributed by atoms with van der Waals surface area (Å²) in [6.07, 6.45) is 0.957. The highest BCUT2D eigenvalue weighted by Crippen LogP contribution is 2.22. The van der Waals surface area contributed by atoms with Crippen molar-refractivity contribution < 1.29 is 19.1 Å². The quantitative estimate of drug-likeness (QED) is 0.734. The summed E-state index contributed by atoms with van der Waals surface area (Å²) in [7, 11) is 0. The molecule has 24 heavy (non-hydrogen) atoms. The lowest BCUT2D eigenvalue weighted by Gasteiger charge is -2.14. The zero-order valence-electron chi connectivity index (χ0n) is 13.5. The maximum absolute atomic E-state index is 12.2. The van der Waals surface area contributed by atoms with Gasteiger partial charge in [-0.05, 0) is 42.8 Å². The largest absolute Gasteiger partial charge is 0.494 e. The Kier molecular flexibility index (Phi) is 4.79. The molecule has 3 rings (SSSR count). The molecule has 124 valence electrons. The maximum Gasteiger partial charge on any atom is 0.261 e. The van der Waals surface area contributed by atoms with Gasteiger partial charge < -0.3 is 9.47 Å². The molecule has 0 aromatic heterocycles. The van der Waals surface area contributed by atoms with Crippen LogP contribution in [0, 0.1) is 0 Å². The molecule has 0 fully saturated rings. The average molecular weight is 325 g/mol. The van der Waals surface area contributed by atoms with Gasteiger partial charge in [0.05, 0.1) is 24.3 Å². The second kappa shape index (κ2) is 7.17. The molecule has 1 heterocycles. The number of amides is 2. The molecule has 1 aliphatic heterocycles. The fourth-order valence-corrected chi connectivity index (χ4v) is 2.55. The molecule has 0 unspecified atom stereocenters. The van der Waals surface area contributed by atoms with E-state index in [-0.39, 0.29) is 25.0 Å². The standard InChI is InChI=1S/C19H19NO4/c1-2-12-23-14-7-9-15(10-8-14)24-13-11-20-18(21)16-5-3-4-6-17(16)19(20)22/h3-10H,2,11-13H2,1H3. The highest BCUT2D eigenvalue weighted by Gasteiger charge is 2.34. The van der Waals surface area contributed by atoms with E-state index in [4.69, 9.17) is 9.47 Å². The predicted molar refractivity (Wildman–Crippen MR) is 89.5 cm³/mol. The minimum atomic E-state index is -0.262. The Bertz CT molecular complexity index is 704. The number of hydrogen-bond donors (Lipinski definition) is 0. The summed E-state index contributed by atoms with van der Waals surface area (Å²) in [5, 5.41) is 0. The van der Waals surface area contributed by atoms with Crippen LogP contribution in [0.1, 0.15) is 34.1 Å². The Labute approximate surface area is 140 Å². The summed E-state index contributed by atoms with van der Waals surface area (Å²) >= 11 is 0. The highest BCUT2D eigenvalue weighted by atomic mass is 16.5. The maximum atomic E-state index is 12.2. The van der Waals surface area contributed by atoms with Gasteiger partial charge in [-0.3, -0.25) is 14.5 Å². The van der Waals surface area contributed by atoms with E-state index in [0.29, 0.717) is 23.5 Å². The summed E-state index contributed by atoms with van der Waals surface area (Å²) < 4.78 is 11.1. The molecule has 0 radical (unpaired) electrons. The molecule has 0 atom stereocenters. The van der Waals surface area contributed by atoms with Gasteiger partial charge in [0, 0.05) is 0 Å². The van der Waals surface area contributed by atoms with Gasteiger partial charge in [0.15, 0.2) is 0 Å². The number of imide groups is 1. The van der Waals surface area contributed by atoms with Gasteiger partial charge in [-0.2, -0.15) is 0 Å². The van der Waals surface area contributed by atoms with Crippen LogP contribution in [0.25, 0.3) is 0 Å². The van der Waals surface area contributed by atoms with Crippen molar-refractivity contribution in [3.05, 3.63) is 59.7 Å². The average Bonchev–Trinajstić information content (AvgIpc) is 2.86. The zero-order chi connectivity index (χ0) is 16.9. The first-order valence-corrected chi connectivity index (χ1v) is 8.01. The van der Waals surface area contributed by atoms with Gasteiger partial charge in [0.25, 0.3) is 11.8 Å². The number of ether oxygens (including phenoxy) is 2. The van der Waals surface area contributed by atoms with Crippen LogP contribution in [0.15, 0.2) is 48.5 Å². The first kappa shape index (κ1) is 16.1. The first-order valence-electron chi connectivity index (χ1n) is 8.01. The molecule has 5 nitrogen and oxygen atoms in total. The number of rotatable bonds is 7. The summed E-state index contributed by atoms with van der Waals surface area (Å²) in [6, 6.07) is 14.2. The fourth-order valence-electron chi connectivity index (χ4n) is 2.55. The number of nitrogens with zero attached hydrogens (tertiary/aromatic N) is 1. The number of hydrogen-bond acceptors (Lipinski definition) is 4. The molecule has 0 aliphatic carbocycles. The van der Waals surface area contributed by atoms with E-state index in [1.165, 1.54) is 4.90 Å². The van der Waals surface area contributed by atoms with Gasteiger partial charge in [-0.25, -0.2) is 0 Å². The van der Waals surface area contributed by atoms with Crippen molar-refractivity contribution in [3.63, 3.8) is 0 Å². The van der Waals surface area contributed by atoms with Crippen LogP contribution in [0.2, 0.25) is 0 Å². The second-order valence-corrected chi connectivity index (χ2v) is 5.48. The molecule has 0 spiro atoms. The Morgan fingerprint density at radius 1 is 0.792 bits per heavy atom. The monoisotopic (exact) mass is 325 g/mol. The van der Waals surface area contributed by atoms with E-state index in [1.54, 1.807) is 24.3 Å². The molecule has 5 heteroatoms. The predicted octanol–water partition coefficient (Wildman–Crippen LogP) is 3.15. The molecule has 2 aromatic carbocycles. The minimum absolute atomic E-state index is 0.223. The van der Waals surface area contributed by atoms with Crippen LogP contribution in [0.3, 0.4) is 0 Å². The summed E-state index contributed by atoms with van der Waals surface area (Å²) in [6.45, 7) is 3.21. The second-order valence-electron chi connectivity index (χ2n) is 5.48. The Hall–Kier alpha value is -2.82. The first-order chi connectivity index (χ1) is 11.7. The number of benzene rings is 2. The SMILES string of the molecule is CCCOc1ccc(OCCN2C(=O)c3ccccc3C2=O)cc1. The molecule has 2 amide bonds. The van der Waals surface area contributed by atoms with Crippen LogP contribution in [0.4, 0.5) is 0 Å². The van der Waals surface area contributed by atoms with E-state index < -0.39 is 0 Å². The van der Waals surface area contributed by atoms with Crippen molar-refractivity contribution in [2.24, 2.45) is 0 Å². The number of carbonyl (C=O) groups excluding carboxylic acids is 2. The normalized spacial score (nSPS) is 13.1. The Morgan fingerprint density at radius 2 is 1.29 bits per heavy atom. The van der Waals surface area contributed by atoms with Gasteiger partial charge in [0.1, 0.15) is 18.1 Å². The lowest BCUT2D eigenvalue weighted by Crippen LogP contribution is -2.33. The minimum Gasteiger partial charge on any atom is -0.494 e. The molecule has 0 N–H and O–H groups in total. The van der Waals surface area contributed by atoms with Crippen LogP contribution in [0.5, 0.6) is 11.5 Å². The fraction of sp³-hybridized carbons (Fsp3) is 0.263. The molecule has 1 aliphatic rings. The molecule has 0 bridgehead atoms. The number of fused-ring (bicyclic) bond motifs is 1. The van der Waals surface area contributed by atoms with E-state index in [0.717, 1.165) is 12.2 Å². The smallest absolute Gasteiger partial charge is 0.261 e. The van der Waals surface area contributed by atoms with Gasteiger partial charge in [-0.1, -0.05) is 19.1 Å². The summed E-state index contributed by atoms with van der Waals surface area (Å²) in [5.74, 6) is 0.949. The van der Waals surface area contributed by atoms with Crippen LogP contribution in [-0.2, 0) is 0 Å². The number of carbonyl (C=O) groups is 2. The van der Waals surface area contributed by atoms with Crippen LogP contribution >= 0.6 is 0 Å². The van der Waals surface area contributed by atoms with E-state index in [1.807, 2.05) is 24.3 Å². The molecular weight excluding hydrogens is 306 g/mol. The van der Waals surface area contributed by atoms with E-state index >= 15 is 0 Å². The van der Waals surface area contributed by atoms with Gasteiger partial charge >= 0.3 is 0 Å². The zero-order valence-corrected chi connectivity index (χ0v) is 13.5. The highest BCUT2D eigenvalue weighted by molar-refractivity contribution is 6.21. The Balaban J connectivity index is 1.54.